The molecule has 53 heavy (non-hydrogen) atoms. The number of carbonyl (C=O) groups is 7. The Balaban J connectivity index is 1.70. The Bertz CT molecular complexity index is 1680. The first-order valence-electron chi connectivity index (χ1n) is 16.4. The van der Waals surface area contributed by atoms with Crippen molar-refractivity contribution in [2.24, 2.45) is 17.4 Å². The van der Waals surface area contributed by atoms with E-state index in [-0.39, 0.29) is 69.3 Å². The van der Waals surface area contributed by atoms with Crippen molar-refractivity contribution in [3.63, 3.8) is 0 Å². The molecule has 1 aliphatic rings. The van der Waals surface area contributed by atoms with Crippen molar-refractivity contribution >= 4 is 53.1 Å². The van der Waals surface area contributed by atoms with Gasteiger partial charge in [-0.15, -0.1) is 0 Å². The van der Waals surface area contributed by atoms with Gasteiger partial charge in [0.25, 0.3) is 23.4 Å². The Labute approximate surface area is 303 Å². The van der Waals surface area contributed by atoms with Crippen LogP contribution in [0, 0.1) is 16.0 Å². The Kier molecular flexibility index (Phi) is 15.4. The summed E-state index contributed by atoms with van der Waals surface area (Å²) in [5.41, 5.74) is 11.4. The first kappa shape index (κ1) is 41.1. The molecule has 0 aliphatic carbocycles. The van der Waals surface area contributed by atoms with E-state index in [9.17, 15) is 43.7 Å². The van der Waals surface area contributed by atoms with Gasteiger partial charge in [-0.1, -0.05) is 26.0 Å². The van der Waals surface area contributed by atoms with Gasteiger partial charge >= 0.3 is 12.2 Å². The van der Waals surface area contributed by atoms with Gasteiger partial charge in [-0.3, -0.25) is 43.9 Å². The molecule has 2 atom stereocenters. The zero-order valence-electron chi connectivity index (χ0n) is 29.1. The maximum atomic E-state index is 14.2. The van der Waals surface area contributed by atoms with Crippen molar-refractivity contribution in [3.8, 4) is 5.75 Å². The predicted molar refractivity (Wildman–Crippen MR) is 186 cm³/mol. The maximum Gasteiger partial charge on any atom is 0.514 e. The van der Waals surface area contributed by atoms with Crippen molar-refractivity contribution in [1.29, 1.82) is 0 Å². The van der Waals surface area contributed by atoms with E-state index in [0.29, 0.717) is 5.56 Å². The molecule has 3 rings (SSSR count). The number of nitro groups is 1. The van der Waals surface area contributed by atoms with Gasteiger partial charge in [-0.05, 0) is 48.6 Å². The highest BCUT2D eigenvalue weighted by Gasteiger charge is 2.36. The molecule has 2 aromatic rings. The number of nitro benzene ring substituents is 1. The number of benzene rings is 2. The van der Waals surface area contributed by atoms with E-state index in [4.69, 9.17) is 25.7 Å². The smallest absolute Gasteiger partial charge is 0.429 e. The van der Waals surface area contributed by atoms with Gasteiger partial charge in [0.2, 0.25) is 11.8 Å². The van der Waals surface area contributed by atoms with Gasteiger partial charge in [0, 0.05) is 42.9 Å². The molecular formula is C34H41N7O12. The lowest BCUT2D eigenvalue weighted by atomic mass is 9.99. The molecule has 0 aromatic heterocycles. The van der Waals surface area contributed by atoms with Crippen LogP contribution in [0.1, 0.15) is 38.7 Å². The van der Waals surface area contributed by atoms with Gasteiger partial charge in [-0.25, -0.2) is 9.59 Å². The van der Waals surface area contributed by atoms with Crippen molar-refractivity contribution in [3.05, 3.63) is 76.4 Å². The molecule has 0 saturated heterocycles. The third-order valence-corrected chi connectivity index (χ3v) is 7.73. The van der Waals surface area contributed by atoms with Crippen LogP contribution < -0.4 is 31.7 Å². The molecule has 19 nitrogen and oxygen atoms in total. The Morgan fingerprint density at radius 3 is 2.15 bits per heavy atom. The monoisotopic (exact) mass is 739 g/mol. The number of imide groups is 1. The molecule has 7 amide bonds. The highest BCUT2D eigenvalue weighted by atomic mass is 16.7. The van der Waals surface area contributed by atoms with Gasteiger partial charge in [0.05, 0.1) is 24.7 Å². The normalized spacial score (nSPS) is 13.3. The third kappa shape index (κ3) is 12.7. The number of nitrogens with zero attached hydrogens (tertiary/aromatic N) is 3. The maximum absolute atomic E-state index is 14.2. The zero-order chi connectivity index (χ0) is 39.1. The molecule has 1 heterocycles. The van der Waals surface area contributed by atoms with Gasteiger partial charge < -0.3 is 36.3 Å². The number of rotatable bonds is 20. The van der Waals surface area contributed by atoms with Crippen LogP contribution in [0.5, 0.6) is 5.75 Å². The molecule has 0 bridgehead atoms. The van der Waals surface area contributed by atoms with Crippen molar-refractivity contribution in [2.45, 2.75) is 51.8 Å². The van der Waals surface area contributed by atoms with Crippen LogP contribution in [-0.2, 0) is 40.1 Å². The Hall–Kier alpha value is -6.37. The molecule has 284 valence electrons. The van der Waals surface area contributed by atoms with Crippen LogP contribution in [0.4, 0.5) is 21.0 Å². The Morgan fingerprint density at radius 1 is 0.943 bits per heavy atom. The fourth-order valence-corrected chi connectivity index (χ4v) is 5.01. The van der Waals surface area contributed by atoms with Crippen molar-refractivity contribution in [2.75, 3.05) is 31.2 Å². The van der Waals surface area contributed by atoms with Crippen LogP contribution in [0.15, 0.2) is 60.7 Å². The number of nitrogens with two attached hydrogens (primary N) is 2. The fourth-order valence-electron chi connectivity index (χ4n) is 5.01. The molecule has 2 unspecified atom stereocenters. The van der Waals surface area contributed by atoms with Crippen LogP contribution in [0.25, 0.3) is 0 Å². The summed E-state index contributed by atoms with van der Waals surface area (Å²) in [7, 11) is 0. The van der Waals surface area contributed by atoms with E-state index in [2.05, 4.69) is 10.6 Å². The second-order valence-corrected chi connectivity index (χ2v) is 11.9. The number of ether oxygens (including phenoxy) is 3. The first-order chi connectivity index (χ1) is 25.2. The number of nitrogens with one attached hydrogen (secondary N) is 2. The number of non-ortho nitro benzene ring substituents is 1. The second kappa shape index (κ2) is 19.9. The summed E-state index contributed by atoms with van der Waals surface area (Å²) in [5, 5.41) is 15.9. The molecule has 2 aromatic carbocycles. The summed E-state index contributed by atoms with van der Waals surface area (Å²) in [4.78, 5) is 99.1. The number of hydrogen-bond acceptors (Lipinski definition) is 12. The largest absolute Gasteiger partial charge is 0.514 e. The lowest BCUT2D eigenvalue weighted by molar-refractivity contribution is -0.384. The number of urea groups is 1. The molecular weight excluding hydrogens is 698 g/mol. The molecule has 6 N–H and O–H groups in total. The highest BCUT2D eigenvalue weighted by molar-refractivity contribution is 6.12. The number of amides is 7. The average molecular weight is 740 g/mol. The van der Waals surface area contributed by atoms with Crippen molar-refractivity contribution < 1.29 is 52.7 Å². The van der Waals surface area contributed by atoms with Crippen LogP contribution in [0.3, 0.4) is 0 Å². The topological polar surface area (TPSA) is 273 Å². The number of carbonyl (C=O) groups excluding carboxylic acids is 7. The summed E-state index contributed by atoms with van der Waals surface area (Å²) in [6, 6.07) is 7.73. The third-order valence-electron chi connectivity index (χ3n) is 7.73. The molecule has 0 spiro atoms. The first-order valence-corrected chi connectivity index (χ1v) is 16.4. The highest BCUT2D eigenvalue weighted by Crippen LogP contribution is 2.24. The van der Waals surface area contributed by atoms with Gasteiger partial charge in [0.15, 0.2) is 0 Å². The summed E-state index contributed by atoms with van der Waals surface area (Å²) in [6.45, 7) is 3.17. The minimum Gasteiger partial charge on any atom is -0.429 e. The predicted octanol–water partition coefficient (Wildman–Crippen LogP) is 1.42. The quantitative estimate of drug-likeness (QED) is 0.0375. The minimum absolute atomic E-state index is 0.000331. The van der Waals surface area contributed by atoms with E-state index in [1.165, 1.54) is 41.3 Å². The van der Waals surface area contributed by atoms with E-state index < -0.39 is 64.6 Å². The minimum atomic E-state index is -1.22. The van der Waals surface area contributed by atoms with E-state index in [0.717, 1.165) is 29.2 Å². The van der Waals surface area contributed by atoms with Crippen LogP contribution in [-0.4, -0.2) is 89.9 Å². The summed E-state index contributed by atoms with van der Waals surface area (Å²) < 4.78 is 15.6. The zero-order valence-corrected chi connectivity index (χ0v) is 29.1. The van der Waals surface area contributed by atoms with E-state index >= 15 is 0 Å². The standard InChI is InChI=1S/C34H41N7O12/c1-21(2)30(38-27(42)15-18-51-19-17-39-28(43)13-14-29(39)44)32(46)40(26(31(35)45)4-3-16-37-33(36)47)23-7-5-22(6-8-23)20-52-34(48)53-25-11-9-24(10-12-25)41(49)50/h5-14,21,26,30H,3-4,15-20H2,1-2H3,(H2,35,45)(H,38,42)(H3,36,37,47). The van der Waals surface area contributed by atoms with E-state index in [1.807, 2.05) is 0 Å². The second-order valence-electron chi connectivity index (χ2n) is 11.9. The molecule has 19 heteroatoms. The Morgan fingerprint density at radius 2 is 1.58 bits per heavy atom. The van der Waals surface area contributed by atoms with E-state index in [1.54, 1.807) is 13.8 Å². The lowest BCUT2D eigenvalue weighted by Gasteiger charge is -2.34. The molecule has 0 radical (unpaired) electrons. The summed E-state index contributed by atoms with van der Waals surface area (Å²) in [6.07, 6.45) is 1.30. The van der Waals surface area contributed by atoms with Gasteiger partial charge in [0.1, 0.15) is 24.4 Å². The fraction of sp³-hybridized carbons (Fsp3) is 0.382. The molecule has 1 aliphatic heterocycles. The number of hydrogen-bond donors (Lipinski definition) is 4. The summed E-state index contributed by atoms with van der Waals surface area (Å²) >= 11 is 0. The van der Waals surface area contributed by atoms with Gasteiger partial charge in [-0.2, -0.15) is 0 Å². The summed E-state index contributed by atoms with van der Waals surface area (Å²) in [5.74, 6) is -3.40. The number of anilines is 1. The molecule has 0 fully saturated rings. The lowest BCUT2D eigenvalue weighted by Crippen LogP contribution is -2.57. The molecule has 0 saturated carbocycles. The average Bonchev–Trinajstić information content (AvgIpc) is 3.43. The SMILES string of the molecule is CC(C)C(NC(=O)CCOCCN1C(=O)C=CC1=O)C(=O)N(c1ccc(COC(=O)Oc2ccc([N+](=O)[O-])cc2)cc1)C(CCCNC(N)=O)C(N)=O. The number of primary amides is 2. The van der Waals surface area contributed by atoms with Crippen LogP contribution in [0.2, 0.25) is 0 Å². The van der Waals surface area contributed by atoms with Crippen molar-refractivity contribution in [1.82, 2.24) is 15.5 Å². The van der Waals surface area contributed by atoms with Crippen LogP contribution >= 0.6 is 0 Å².